The first-order valence-corrected chi connectivity index (χ1v) is 6.80. The second-order valence-corrected chi connectivity index (χ2v) is 4.82. The van der Waals surface area contributed by atoms with E-state index in [4.69, 9.17) is 4.52 Å². The normalized spacial score (nSPS) is 11.3. The Hall–Kier alpha value is -3.16. The molecule has 122 valence electrons. The first-order chi connectivity index (χ1) is 11.4. The van der Waals surface area contributed by atoms with Crippen molar-refractivity contribution in [3.63, 3.8) is 0 Å². The zero-order valence-corrected chi connectivity index (χ0v) is 12.0. The Bertz CT molecular complexity index is 860. The molecule has 2 aromatic heterocycles. The van der Waals surface area contributed by atoms with Gasteiger partial charge in [0.15, 0.2) is 0 Å². The molecule has 1 aromatic carbocycles. The van der Waals surface area contributed by atoms with Crippen LogP contribution in [0.15, 0.2) is 59.3 Å². The standard InChI is InChI=1S/C16H10F3N3O2/c17-16(18,19)11-5-3-4-10(8-11)15(23)21-14-9-13(22-24-14)12-6-1-2-7-20-12/h1-9H,(H,21,23). The molecule has 0 fully saturated rings. The number of nitrogens with zero attached hydrogens (tertiary/aromatic N) is 2. The number of rotatable bonds is 3. The number of benzene rings is 1. The molecule has 5 nitrogen and oxygen atoms in total. The highest BCUT2D eigenvalue weighted by Gasteiger charge is 2.31. The van der Waals surface area contributed by atoms with Gasteiger partial charge in [0.25, 0.3) is 5.91 Å². The maximum atomic E-state index is 12.7. The molecule has 0 bridgehead atoms. The lowest BCUT2D eigenvalue weighted by Gasteiger charge is -2.08. The van der Waals surface area contributed by atoms with Crippen molar-refractivity contribution in [3.8, 4) is 11.4 Å². The molecule has 0 spiro atoms. The number of amides is 1. The fraction of sp³-hybridized carbons (Fsp3) is 0.0625. The molecule has 8 heteroatoms. The van der Waals surface area contributed by atoms with Crippen LogP contribution in [0.25, 0.3) is 11.4 Å². The van der Waals surface area contributed by atoms with Gasteiger partial charge in [-0.2, -0.15) is 13.2 Å². The predicted octanol–water partition coefficient (Wildman–Crippen LogP) is 4.01. The molecule has 2 heterocycles. The predicted molar refractivity (Wildman–Crippen MR) is 79.1 cm³/mol. The van der Waals surface area contributed by atoms with E-state index in [1.165, 1.54) is 12.1 Å². The van der Waals surface area contributed by atoms with E-state index in [2.05, 4.69) is 15.5 Å². The Balaban J connectivity index is 1.77. The summed E-state index contributed by atoms with van der Waals surface area (Å²) in [5, 5.41) is 6.12. The summed E-state index contributed by atoms with van der Waals surface area (Å²) in [6.07, 6.45) is -2.94. The van der Waals surface area contributed by atoms with Gasteiger partial charge in [-0.05, 0) is 30.3 Å². The maximum Gasteiger partial charge on any atom is 0.416 e. The highest BCUT2D eigenvalue weighted by Crippen LogP contribution is 2.29. The van der Waals surface area contributed by atoms with Crippen molar-refractivity contribution in [2.75, 3.05) is 5.32 Å². The van der Waals surface area contributed by atoms with Gasteiger partial charge in [0.2, 0.25) is 5.88 Å². The Labute approximate surface area is 134 Å². The van der Waals surface area contributed by atoms with Gasteiger partial charge < -0.3 is 4.52 Å². The third-order valence-electron chi connectivity index (χ3n) is 3.13. The molecular formula is C16H10F3N3O2. The van der Waals surface area contributed by atoms with Crippen LogP contribution < -0.4 is 5.32 Å². The summed E-state index contributed by atoms with van der Waals surface area (Å²) in [5.74, 6) is -0.720. The number of hydrogen-bond donors (Lipinski definition) is 1. The van der Waals surface area contributed by atoms with Crippen molar-refractivity contribution in [2.24, 2.45) is 0 Å². The van der Waals surface area contributed by atoms with Crippen LogP contribution in [0.1, 0.15) is 15.9 Å². The van der Waals surface area contributed by atoms with E-state index in [1.54, 1.807) is 24.4 Å². The highest BCUT2D eigenvalue weighted by atomic mass is 19.4. The number of hydrogen-bond acceptors (Lipinski definition) is 4. The number of halogens is 3. The van der Waals surface area contributed by atoms with Crippen molar-refractivity contribution in [3.05, 3.63) is 65.9 Å². The number of alkyl halides is 3. The molecule has 0 unspecified atom stereocenters. The molecule has 0 aliphatic rings. The summed E-state index contributed by atoms with van der Waals surface area (Å²) in [6.45, 7) is 0. The van der Waals surface area contributed by atoms with Crippen molar-refractivity contribution in [1.29, 1.82) is 0 Å². The molecule has 0 saturated heterocycles. The van der Waals surface area contributed by atoms with E-state index in [9.17, 15) is 18.0 Å². The van der Waals surface area contributed by atoms with Gasteiger partial charge in [-0.25, -0.2) is 0 Å². The largest absolute Gasteiger partial charge is 0.416 e. The van der Waals surface area contributed by atoms with Crippen LogP contribution in [-0.4, -0.2) is 16.0 Å². The van der Waals surface area contributed by atoms with E-state index in [1.807, 2.05) is 0 Å². The van der Waals surface area contributed by atoms with Crippen molar-refractivity contribution >= 4 is 11.8 Å². The minimum atomic E-state index is -4.52. The van der Waals surface area contributed by atoms with Crippen LogP contribution >= 0.6 is 0 Å². The summed E-state index contributed by atoms with van der Waals surface area (Å²) in [4.78, 5) is 16.1. The third-order valence-corrected chi connectivity index (χ3v) is 3.13. The number of nitrogens with one attached hydrogen (secondary N) is 1. The Morgan fingerprint density at radius 2 is 1.88 bits per heavy atom. The lowest BCUT2D eigenvalue weighted by Crippen LogP contribution is -2.13. The molecule has 3 rings (SSSR count). The van der Waals surface area contributed by atoms with Gasteiger partial charge >= 0.3 is 6.18 Å². The van der Waals surface area contributed by atoms with E-state index in [0.717, 1.165) is 18.2 Å². The van der Waals surface area contributed by atoms with E-state index in [0.29, 0.717) is 11.4 Å². The molecule has 0 aliphatic carbocycles. The lowest BCUT2D eigenvalue weighted by molar-refractivity contribution is -0.137. The minimum Gasteiger partial charge on any atom is -0.338 e. The number of aromatic nitrogens is 2. The van der Waals surface area contributed by atoms with Crippen molar-refractivity contribution in [1.82, 2.24) is 10.1 Å². The number of carbonyl (C=O) groups excluding carboxylic acids is 1. The zero-order chi connectivity index (χ0) is 17.2. The van der Waals surface area contributed by atoms with Gasteiger partial charge in [-0.15, -0.1) is 0 Å². The zero-order valence-electron chi connectivity index (χ0n) is 12.0. The van der Waals surface area contributed by atoms with Crippen LogP contribution in [0.4, 0.5) is 19.1 Å². The third kappa shape index (κ3) is 3.43. The van der Waals surface area contributed by atoms with Gasteiger partial charge in [0.05, 0.1) is 11.3 Å². The topological polar surface area (TPSA) is 68.0 Å². The maximum absolute atomic E-state index is 12.7. The molecule has 0 radical (unpaired) electrons. The average molecular weight is 333 g/mol. The lowest BCUT2D eigenvalue weighted by atomic mass is 10.1. The molecular weight excluding hydrogens is 323 g/mol. The average Bonchev–Trinajstić information content (AvgIpc) is 3.03. The van der Waals surface area contributed by atoms with E-state index >= 15 is 0 Å². The Morgan fingerprint density at radius 1 is 1.04 bits per heavy atom. The minimum absolute atomic E-state index is 0.0121. The molecule has 1 N–H and O–H groups in total. The van der Waals surface area contributed by atoms with E-state index < -0.39 is 17.6 Å². The fourth-order valence-corrected chi connectivity index (χ4v) is 1.99. The smallest absolute Gasteiger partial charge is 0.338 e. The first-order valence-electron chi connectivity index (χ1n) is 6.80. The molecule has 0 atom stereocenters. The van der Waals surface area contributed by atoms with Gasteiger partial charge in [0.1, 0.15) is 5.69 Å². The second kappa shape index (κ2) is 6.15. The molecule has 24 heavy (non-hydrogen) atoms. The molecule has 0 saturated carbocycles. The molecule has 0 aliphatic heterocycles. The SMILES string of the molecule is O=C(Nc1cc(-c2ccccn2)no1)c1cccc(C(F)(F)F)c1. The van der Waals surface area contributed by atoms with Crippen molar-refractivity contribution in [2.45, 2.75) is 6.18 Å². The summed E-state index contributed by atoms with van der Waals surface area (Å²) in [5.41, 5.74) is -0.0988. The molecule has 1 amide bonds. The summed E-state index contributed by atoms with van der Waals surface area (Å²) >= 11 is 0. The van der Waals surface area contributed by atoms with Gasteiger partial charge in [0, 0.05) is 17.8 Å². The summed E-state index contributed by atoms with van der Waals surface area (Å²) < 4.78 is 43.0. The van der Waals surface area contributed by atoms with E-state index in [-0.39, 0.29) is 11.4 Å². The van der Waals surface area contributed by atoms with Gasteiger partial charge in [-0.1, -0.05) is 17.3 Å². The second-order valence-electron chi connectivity index (χ2n) is 4.82. The van der Waals surface area contributed by atoms with Crippen molar-refractivity contribution < 1.29 is 22.5 Å². The number of carbonyl (C=O) groups is 1. The molecule has 3 aromatic rings. The number of pyridine rings is 1. The quantitative estimate of drug-likeness (QED) is 0.786. The summed E-state index contributed by atoms with van der Waals surface area (Å²) in [6, 6.07) is 10.7. The monoisotopic (exact) mass is 333 g/mol. The summed E-state index contributed by atoms with van der Waals surface area (Å²) in [7, 11) is 0. The van der Waals surface area contributed by atoms with Crippen LogP contribution in [0.3, 0.4) is 0 Å². The Morgan fingerprint density at radius 3 is 2.58 bits per heavy atom. The van der Waals surface area contributed by atoms with Crippen LogP contribution in [0.2, 0.25) is 0 Å². The van der Waals surface area contributed by atoms with Crippen LogP contribution in [0, 0.1) is 0 Å². The first kappa shape index (κ1) is 15.7. The van der Waals surface area contributed by atoms with Crippen LogP contribution in [0.5, 0.6) is 0 Å². The van der Waals surface area contributed by atoms with Crippen LogP contribution in [-0.2, 0) is 6.18 Å². The van der Waals surface area contributed by atoms with Gasteiger partial charge in [-0.3, -0.25) is 15.1 Å². The highest BCUT2D eigenvalue weighted by molar-refractivity contribution is 6.03. The number of anilines is 1. The fourth-order valence-electron chi connectivity index (χ4n) is 1.99. The Kier molecular flexibility index (Phi) is 4.03.